The minimum absolute atomic E-state index is 0.0385. The Morgan fingerprint density at radius 1 is 1.28 bits per heavy atom. The molecule has 1 amide bonds. The molecule has 0 unspecified atom stereocenters. The van der Waals surface area contributed by atoms with Gasteiger partial charge in [-0.3, -0.25) is 24.8 Å². The van der Waals surface area contributed by atoms with Crippen molar-refractivity contribution in [1.29, 1.82) is 0 Å². The predicted molar refractivity (Wildman–Crippen MR) is 100 cm³/mol. The summed E-state index contributed by atoms with van der Waals surface area (Å²) in [4.78, 5) is 37.6. The molecule has 1 fully saturated rings. The minimum atomic E-state index is -0.649. The van der Waals surface area contributed by atoms with E-state index < -0.39 is 16.2 Å². The van der Waals surface area contributed by atoms with Crippen LogP contribution in [0.4, 0.5) is 5.69 Å². The van der Waals surface area contributed by atoms with Gasteiger partial charge in [-0.05, 0) is 30.5 Å². The van der Waals surface area contributed by atoms with E-state index >= 15 is 0 Å². The first-order chi connectivity index (χ1) is 14.0. The molecule has 0 spiro atoms. The van der Waals surface area contributed by atoms with Crippen LogP contribution in [0.15, 0.2) is 45.8 Å². The number of hydrogen-bond donors (Lipinski definition) is 1. The van der Waals surface area contributed by atoms with E-state index in [1.807, 2.05) is 0 Å². The molecule has 0 saturated carbocycles. The summed E-state index contributed by atoms with van der Waals surface area (Å²) in [5, 5.41) is 18.0. The average molecular weight is 395 g/mol. The number of aromatic amines is 1. The summed E-state index contributed by atoms with van der Waals surface area (Å²) in [5.41, 5.74) is 0.686. The number of aromatic nitrogens is 3. The number of H-pyrrole nitrogens is 1. The maximum atomic E-state index is 13.0. The molecule has 2 aliphatic heterocycles. The van der Waals surface area contributed by atoms with Gasteiger partial charge in [-0.2, -0.15) is 5.10 Å². The van der Waals surface area contributed by atoms with Crippen molar-refractivity contribution in [2.45, 2.75) is 18.9 Å². The average Bonchev–Trinajstić information content (AvgIpc) is 3.39. The zero-order chi connectivity index (χ0) is 20.1. The lowest BCUT2D eigenvalue weighted by molar-refractivity contribution is -0.386. The van der Waals surface area contributed by atoms with Crippen molar-refractivity contribution < 1.29 is 14.1 Å². The van der Waals surface area contributed by atoms with Crippen LogP contribution >= 0.6 is 0 Å². The molecule has 29 heavy (non-hydrogen) atoms. The number of carbonyl (C=O) groups excluding carboxylic acids is 1. The summed E-state index contributed by atoms with van der Waals surface area (Å²) < 4.78 is 6.82. The first-order valence-electron chi connectivity index (χ1n) is 9.28. The second-order valence-electron chi connectivity index (χ2n) is 7.47. The lowest BCUT2D eigenvalue weighted by Crippen LogP contribution is -2.49. The number of nitrogens with zero attached hydrogens (tertiary/aromatic N) is 4. The Bertz CT molecular complexity index is 1160. The number of amides is 1. The highest BCUT2D eigenvalue weighted by Gasteiger charge is 2.38. The van der Waals surface area contributed by atoms with Gasteiger partial charge >= 0.3 is 11.2 Å². The number of fused-ring (bicyclic) bond motifs is 4. The van der Waals surface area contributed by atoms with Crippen molar-refractivity contribution in [3.05, 3.63) is 68.5 Å². The highest BCUT2D eigenvalue weighted by molar-refractivity contribution is 5.93. The number of nitro groups is 1. The van der Waals surface area contributed by atoms with Crippen LogP contribution in [0.3, 0.4) is 0 Å². The van der Waals surface area contributed by atoms with Crippen molar-refractivity contribution in [2.75, 3.05) is 13.1 Å². The van der Waals surface area contributed by atoms with E-state index in [1.54, 1.807) is 35.4 Å². The number of pyridine rings is 1. The van der Waals surface area contributed by atoms with Crippen molar-refractivity contribution in [3.63, 3.8) is 0 Å². The molecule has 0 aromatic carbocycles. The highest BCUT2D eigenvalue weighted by atomic mass is 16.6. The third kappa shape index (κ3) is 2.84. The van der Waals surface area contributed by atoms with Crippen LogP contribution in [0.1, 0.15) is 28.5 Å². The summed E-state index contributed by atoms with van der Waals surface area (Å²) in [5.74, 6) is 0.435. The van der Waals surface area contributed by atoms with Crippen molar-refractivity contribution >= 4 is 11.6 Å². The summed E-state index contributed by atoms with van der Waals surface area (Å²) in [6.45, 7) is 1.29. The van der Waals surface area contributed by atoms with E-state index in [1.165, 1.54) is 10.6 Å². The molecule has 3 aromatic rings. The van der Waals surface area contributed by atoms with E-state index in [2.05, 4.69) is 10.2 Å². The first-order valence-corrected chi connectivity index (χ1v) is 9.28. The molecule has 2 bridgehead atoms. The lowest BCUT2D eigenvalue weighted by atomic mass is 9.83. The molecule has 0 radical (unpaired) electrons. The van der Waals surface area contributed by atoms with Crippen molar-refractivity contribution in [3.8, 4) is 11.5 Å². The number of likely N-dealkylation sites (tertiary alicyclic amines) is 1. The van der Waals surface area contributed by atoms with Crippen LogP contribution in [0.25, 0.3) is 11.5 Å². The van der Waals surface area contributed by atoms with Crippen molar-refractivity contribution in [1.82, 2.24) is 19.7 Å². The first kappa shape index (κ1) is 17.4. The van der Waals surface area contributed by atoms with Gasteiger partial charge in [0.05, 0.1) is 11.2 Å². The van der Waals surface area contributed by atoms with Crippen LogP contribution in [-0.2, 0) is 6.54 Å². The molecule has 1 N–H and O–H groups in total. The van der Waals surface area contributed by atoms with Gasteiger partial charge in [0, 0.05) is 43.4 Å². The fourth-order valence-electron chi connectivity index (χ4n) is 4.39. The summed E-state index contributed by atoms with van der Waals surface area (Å²) in [6.07, 6.45) is 2.40. The minimum Gasteiger partial charge on any atom is -0.463 e. The number of rotatable bonds is 3. The fourth-order valence-corrected chi connectivity index (χ4v) is 4.39. The molecule has 10 nitrogen and oxygen atoms in total. The SMILES string of the molecule is O=C(c1cc(-c2ccco2)[nH]n1)N1C[C@H]2C[C@@H](C1)c1ccc([N+](=O)[O-])c(=O)n1C2. The van der Waals surface area contributed by atoms with Crippen LogP contribution in [0.5, 0.6) is 0 Å². The van der Waals surface area contributed by atoms with Gasteiger partial charge < -0.3 is 13.9 Å². The van der Waals surface area contributed by atoms with Crippen molar-refractivity contribution in [2.24, 2.45) is 5.92 Å². The molecule has 1 saturated heterocycles. The Balaban J connectivity index is 1.41. The Morgan fingerprint density at radius 3 is 2.90 bits per heavy atom. The number of furan rings is 1. The molecule has 148 valence electrons. The van der Waals surface area contributed by atoms with Gasteiger partial charge in [-0.15, -0.1) is 0 Å². The van der Waals surface area contributed by atoms with Gasteiger partial charge in [-0.1, -0.05) is 0 Å². The largest absolute Gasteiger partial charge is 0.463 e. The van der Waals surface area contributed by atoms with Crippen LogP contribution < -0.4 is 5.56 Å². The van der Waals surface area contributed by atoms with E-state index in [0.29, 0.717) is 36.8 Å². The third-order valence-corrected chi connectivity index (χ3v) is 5.65. The monoisotopic (exact) mass is 395 g/mol. The van der Waals surface area contributed by atoms with Crippen LogP contribution in [0, 0.1) is 16.0 Å². The Hall–Kier alpha value is -3.69. The number of hydrogen-bond acceptors (Lipinski definition) is 6. The maximum Gasteiger partial charge on any atom is 0.334 e. The highest BCUT2D eigenvalue weighted by Crippen LogP contribution is 2.36. The topological polar surface area (TPSA) is 127 Å². The number of carbonyl (C=O) groups is 1. The molecule has 0 aliphatic carbocycles. The Morgan fingerprint density at radius 2 is 2.14 bits per heavy atom. The van der Waals surface area contributed by atoms with E-state index in [0.717, 1.165) is 12.1 Å². The lowest BCUT2D eigenvalue weighted by Gasteiger charge is -2.42. The van der Waals surface area contributed by atoms with Crippen LogP contribution in [-0.4, -0.2) is 43.6 Å². The molecule has 2 aliphatic rings. The number of nitrogens with one attached hydrogen (secondary N) is 1. The molecule has 10 heteroatoms. The maximum absolute atomic E-state index is 13.0. The zero-order valence-corrected chi connectivity index (χ0v) is 15.3. The quantitative estimate of drug-likeness (QED) is 0.534. The molecule has 5 heterocycles. The molecule has 2 atom stereocenters. The Kier molecular flexibility index (Phi) is 3.86. The number of piperidine rings is 1. The third-order valence-electron chi connectivity index (χ3n) is 5.65. The normalized spacial score (nSPS) is 20.3. The second kappa shape index (κ2) is 6.43. The Labute approximate surface area is 163 Å². The van der Waals surface area contributed by atoms with E-state index in [9.17, 15) is 19.7 Å². The van der Waals surface area contributed by atoms with E-state index in [4.69, 9.17) is 4.42 Å². The zero-order valence-electron chi connectivity index (χ0n) is 15.3. The summed E-state index contributed by atoms with van der Waals surface area (Å²) in [7, 11) is 0. The van der Waals surface area contributed by atoms with Gasteiger partial charge in [0.25, 0.3) is 5.91 Å². The van der Waals surface area contributed by atoms with Crippen LogP contribution in [0.2, 0.25) is 0 Å². The smallest absolute Gasteiger partial charge is 0.334 e. The van der Waals surface area contributed by atoms with Gasteiger partial charge in [0.15, 0.2) is 11.5 Å². The molecule has 3 aromatic heterocycles. The molecular formula is C19H17N5O5. The molecular weight excluding hydrogens is 378 g/mol. The molecule has 5 rings (SSSR count). The van der Waals surface area contributed by atoms with Gasteiger partial charge in [0.2, 0.25) is 0 Å². The summed E-state index contributed by atoms with van der Waals surface area (Å²) >= 11 is 0. The summed E-state index contributed by atoms with van der Waals surface area (Å²) in [6, 6.07) is 8.10. The standard InChI is InChI=1S/C19H17N5O5/c25-18(14-7-13(20-21-14)17-2-1-5-29-17)22-8-11-6-12(10-22)15-3-4-16(24(27)28)19(26)23(15)9-11/h1-5,7,11-12H,6,8-10H2,(H,20,21)/t11-,12+/m1/s1. The second-order valence-corrected chi connectivity index (χ2v) is 7.47. The van der Waals surface area contributed by atoms with Gasteiger partial charge in [-0.25, -0.2) is 0 Å². The predicted octanol–water partition coefficient (Wildman–Crippen LogP) is 2.00. The van der Waals surface area contributed by atoms with Gasteiger partial charge in [0.1, 0.15) is 5.69 Å². The van der Waals surface area contributed by atoms with E-state index in [-0.39, 0.29) is 17.7 Å². The fraction of sp³-hybridized carbons (Fsp3) is 0.316.